The van der Waals surface area contributed by atoms with Crippen LogP contribution in [0.5, 0.6) is 5.75 Å². The normalized spacial score (nSPS) is 11.0. The standard InChI is InChI=1S/C18H19NO2/c1-19(2)16-9-4-14(5-10-16)6-13-18(20)15-7-11-17(21-3)12-8-15/h4-13H,1-3H3/p+2/b13-6+. The smallest absolute Gasteiger partial charge is 0.347 e. The quantitative estimate of drug-likeness (QED) is 0.509. The molecule has 0 atom stereocenters. The third-order valence-corrected chi connectivity index (χ3v) is 3.31. The van der Waals surface area contributed by atoms with Gasteiger partial charge in [0, 0.05) is 6.08 Å². The van der Waals surface area contributed by atoms with Gasteiger partial charge < -0.3 is 9.64 Å². The molecular weight excluding hydrogens is 262 g/mol. The fourth-order valence-electron chi connectivity index (χ4n) is 1.96. The first-order valence-corrected chi connectivity index (χ1v) is 6.89. The van der Waals surface area contributed by atoms with Crippen molar-refractivity contribution in [3.05, 3.63) is 65.7 Å². The number of benzene rings is 2. The van der Waals surface area contributed by atoms with E-state index < -0.39 is 0 Å². The van der Waals surface area contributed by atoms with Gasteiger partial charge in [-0.1, -0.05) is 0 Å². The molecule has 0 heterocycles. The average Bonchev–Trinajstić information content (AvgIpc) is 2.53. The lowest BCUT2D eigenvalue weighted by atomic mass is 10.1. The Labute approximate surface area is 125 Å². The van der Waals surface area contributed by atoms with Crippen LogP contribution in [0.15, 0.2) is 54.6 Å². The zero-order valence-corrected chi connectivity index (χ0v) is 12.6. The Hall–Kier alpha value is -2.39. The van der Waals surface area contributed by atoms with Crippen LogP contribution >= 0.6 is 0 Å². The fourth-order valence-corrected chi connectivity index (χ4v) is 1.96. The summed E-state index contributed by atoms with van der Waals surface area (Å²) in [5.74, 6) is 1.01. The van der Waals surface area contributed by atoms with Crippen LogP contribution in [0.4, 0.5) is 5.69 Å². The minimum absolute atomic E-state index is 0.236. The van der Waals surface area contributed by atoms with E-state index in [1.165, 1.54) is 10.6 Å². The monoisotopic (exact) mass is 283 g/mol. The summed E-state index contributed by atoms with van der Waals surface area (Å²) in [4.78, 5) is 11.4. The Morgan fingerprint density at radius 2 is 1.62 bits per heavy atom. The van der Waals surface area contributed by atoms with Crippen molar-refractivity contribution < 1.29 is 14.4 Å². The summed E-state index contributed by atoms with van der Waals surface area (Å²) in [7, 11) is 5.81. The summed E-state index contributed by atoms with van der Waals surface area (Å²) in [6.07, 6.45) is 3.60. The maximum absolute atomic E-state index is 10.1. The predicted octanol–water partition coefficient (Wildman–Crippen LogP) is 2.08. The van der Waals surface area contributed by atoms with Gasteiger partial charge in [-0.3, -0.25) is 4.79 Å². The second-order valence-corrected chi connectivity index (χ2v) is 5.07. The largest absolute Gasteiger partial charge is 0.497 e. The first-order chi connectivity index (χ1) is 10.1. The highest BCUT2D eigenvalue weighted by molar-refractivity contribution is 6.07. The van der Waals surface area contributed by atoms with Crippen LogP contribution in [0.3, 0.4) is 0 Å². The van der Waals surface area contributed by atoms with Crippen LogP contribution in [0, 0.1) is 0 Å². The van der Waals surface area contributed by atoms with Gasteiger partial charge in [0.2, 0.25) is 0 Å². The maximum Gasteiger partial charge on any atom is 0.347 e. The number of hydrogen-bond donors (Lipinski definition) is 1. The van der Waals surface area contributed by atoms with Crippen molar-refractivity contribution in [3.8, 4) is 5.75 Å². The van der Waals surface area contributed by atoms with E-state index in [2.05, 4.69) is 26.2 Å². The van der Waals surface area contributed by atoms with Gasteiger partial charge in [-0.25, -0.2) is 0 Å². The van der Waals surface area contributed by atoms with E-state index in [0.717, 1.165) is 16.9 Å². The number of nitrogens with one attached hydrogen (secondary N) is 1. The molecule has 0 spiro atoms. The van der Waals surface area contributed by atoms with E-state index >= 15 is 0 Å². The first-order valence-electron chi connectivity index (χ1n) is 6.89. The lowest BCUT2D eigenvalue weighted by molar-refractivity contribution is -0.786. The van der Waals surface area contributed by atoms with Crippen molar-refractivity contribution in [2.75, 3.05) is 21.2 Å². The lowest BCUT2D eigenvalue weighted by Crippen LogP contribution is -3.00. The summed E-state index contributed by atoms with van der Waals surface area (Å²) < 4.78 is 5.10. The van der Waals surface area contributed by atoms with Crippen molar-refractivity contribution in [3.63, 3.8) is 0 Å². The SMILES string of the molecule is COc1ccc(C(=[OH+])/C=C/c2ccc([NH+](C)C)cc2)cc1. The molecule has 0 aromatic heterocycles. The Balaban J connectivity index is 2.07. The molecule has 0 fully saturated rings. The van der Waals surface area contributed by atoms with Gasteiger partial charge in [0.15, 0.2) is 0 Å². The minimum Gasteiger partial charge on any atom is -0.497 e. The summed E-state index contributed by atoms with van der Waals surface area (Å²) in [5.41, 5.74) is 3.05. The molecule has 0 aliphatic heterocycles. The number of hydrogen-bond acceptors (Lipinski definition) is 1. The molecule has 2 aromatic rings. The van der Waals surface area contributed by atoms with E-state index in [-0.39, 0.29) is 5.78 Å². The first kappa shape index (κ1) is 15.0. The van der Waals surface area contributed by atoms with Crippen molar-refractivity contribution in [1.82, 2.24) is 0 Å². The van der Waals surface area contributed by atoms with Gasteiger partial charge in [-0.05, 0) is 60.2 Å². The second-order valence-electron chi connectivity index (χ2n) is 5.07. The molecule has 2 aromatic carbocycles. The Kier molecular flexibility index (Phi) is 4.90. The minimum atomic E-state index is 0.236. The van der Waals surface area contributed by atoms with E-state index in [0.29, 0.717) is 0 Å². The van der Waals surface area contributed by atoms with Crippen LogP contribution in [-0.2, 0) is 0 Å². The molecule has 2 rings (SSSR count). The molecule has 0 radical (unpaired) electrons. The highest BCUT2D eigenvalue weighted by Gasteiger charge is 2.08. The molecule has 0 saturated carbocycles. The molecule has 0 amide bonds. The van der Waals surface area contributed by atoms with Crippen molar-refractivity contribution in [2.45, 2.75) is 0 Å². The van der Waals surface area contributed by atoms with Crippen molar-refractivity contribution >= 4 is 17.5 Å². The van der Waals surface area contributed by atoms with Gasteiger partial charge in [0.25, 0.3) is 0 Å². The average molecular weight is 283 g/mol. The molecule has 0 aliphatic carbocycles. The Bertz CT molecular complexity index is 625. The van der Waals surface area contributed by atoms with Gasteiger partial charge in [0.1, 0.15) is 11.4 Å². The third-order valence-electron chi connectivity index (χ3n) is 3.31. The molecule has 3 heteroatoms. The highest BCUT2D eigenvalue weighted by atomic mass is 16.5. The molecule has 21 heavy (non-hydrogen) atoms. The molecule has 0 bridgehead atoms. The summed E-state index contributed by atoms with van der Waals surface area (Å²) >= 11 is 0. The van der Waals surface area contributed by atoms with Crippen LogP contribution in [0.25, 0.3) is 6.08 Å². The van der Waals surface area contributed by atoms with Gasteiger partial charge in [-0.2, -0.15) is 0 Å². The number of rotatable bonds is 5. The summed E-state index contributed by atoms with van der Waals surface area (Å²) in [6.45, 7) is 0. The zero-order chi connectivity index (χ0) is 15.2. The maximum atomic E-state index is 10.1. The van der Waals surface area contributed by atoms with Gasteiger partial charge in [0.05, 0.1) is 26.8 Å². The van der Waals surface area contributed by atoms with E-state index in [1.807, 2.05) is 42.5 Å². The number of quaternary nitrogens is 1. The van der Waals surface area contributed by atoms with Crippen LogP contribution in [-0.4, -0.2) is 31.8 Å². The number of allylic oxidation sites excluding steroid dienone is 1. The van der Waals surface area contributed by atoms with E-state index in [4.69, 9.17) is 4.74 Å². The van der Waals surface area contributed by atoms with E-state index in [9.17, 15) is 4.79 Å². The van der Waals surface area contributed by atoms with Crippen molar-refractivity contribution in [1.29, 1.82) is 0 Å². The van der Waals surface area contributed by atoms with Crippen LogP contribution in [0.1, 0.15) is 11.1 Å². The summed E-state index contributed by atoms with van der Waals surface area (Å²) in [5, 5.41) is 0. The molecule has 0 aliphatic rings. The van der Waals surface area contributed by atoms with E-state index in [1.54, 1.807) is 13.2 Å². The van der Waals surface area contributed by atoms with Gasteiger partial charge >= 0.3 is 5.78 Å². The number of carbonyl (C=O) groups excluding carboxylic acids is 1. The second kappa shape index (κ2) is 6.86. The summed E-state index contributed by atoms with van der Waals surface area (Å²) in [6, 6.07) is 15.6. The number of ketones is 1. The lowest BCUT2D eigenvalue weighted by Gasteiger charge is -2.05. The zero-order valence-electron chi connectivity index (χ0n) is 12.6. The Morgan fingerprint density at radius 1 is 1.00 bits per heavy atom. The number of ether oxygens (including phenoxy) is 1. The molecule has 0 saturated heterocycles. The number of methoxy groups -OCH3 is 1. The predicted molar refractivity (Wildman–Crippen MR) is 87.0 cm³/mol. The topological polar surface area (TPSA) is 35.1 Å². The molecule has 2 N–H and O–H groups in total. The van der Waals surface area contributed by atoms with Crippen molar-refractivity contribution in [2.24, 2.45) is 0 Å². The van der Waals surface area contributed by atoms with Gasteiger partial charge in [-0.15, -0.1) is 0 Å². The fraction of sp³-hybridized carbons (Fsp3) is 0.167. The third kappa shape index (κ3) is 4.04. The van der Waals surface area contributed by atoms with Crippen LogP contribution < -0.4 is 9.64 Å². The van der Waals surface area contributed by atoms with Crippen LogP contribution in [0.2, 0.25) is 0 Å². The highest BCUT2D eigenvalue weighted by Crippen LogP contribution is 2.13. The molecule has 0 unspecified atom stereocenters. The molecule has 3 nitrogen and oxygen atoms in total. The molecule has 108 valence electrons. The Morgan fingerprint density at radius 3 is 2.14 bits per heavy atom. The molecular formula is C18H21NO2+2.